The maximum atomic E-state index is 11.3. The third-order valence-corrected chi connectivity index (χ3v) is 4.82. The van der Waals surface area contributed by atoms with Crippen LogP contribution < -0.4 is 4.90 Å². The number of pyridine rings is 1. The van der Waals surface area contributed by atoms with Gasteiger partial charge >= 0.3 is 0 Å². The molecular weight excluding hydrogens is 252 g/mol. The van der Waals surface area contributed by atoms with Crippen molar-refractivity contribution < 1.29 is 13.5 Å². The quantitative estimate of drug-likeness (QED) is 0.878. The minimum atomic E-state index is -2.85. The van der Waals surface area contributed by atoms with Crippen molar-refractivity contribution in [2.75, 3.05) is 29.5 Å². The molecule has 6 heteroatoms. The summed E-state index contributed by atoms with van der Waals surface area (Å²) >= 11 is 0. The Bertz CT molecular complexity index is 485. The van der Waals surface area contributed by atoms with E-state index >= 15 is 0 Å². The van der Waals surface area contributed by atoms with Gasteiger partial charge in [-0.1, -0.05) is 6.92 Å². The van der Waals surface area contributed by atoms with Gasteiger partial charge < -0.3 is 10.0 Å². The molecule has 1 aliphatic rings. The van der Waals surface area contributed by atoms with E-state index in [-0.39, 0.29) is 11.5 Å². The molecule has 0 amide bonds. The molecule has 1 aliphatic heterocycles. The Hall–Kier alpha value is -1.14. The molecule has 2 rings (SSSR count). The van der Waals surface area contributed by atoms with Crippen LogP contribution in [0.4, 0.5) is 5.69 Å². The van der Waals surface area contributed by atoms with Gasteiger partial charge in [0.25, 0.3) is 0 Å². The van der Waals surface area contributed by atoms with Crippen LogP contribution in [-0.4, -0.2) is 43.1 Å². The van der Waals surface area contributed by atoms with Gasteiger partial charge in [0.15, 0.2) is 9.84 Å². The number of sulfone groups is 1. The Morgan fingerprint density at radius 1 is 1.39 bits per heavy atom. The Kier molecular flexibility index (Phi) is 3.87. The van der Waals surface area contributed by atoms with Crippen LogP contribution in [0.5, 0.6) is 0 Å². The summed E-state index contributed by atoms with van der Waals surface area (Å²) in [6, 6.07) is 3.69. The minimum Gasteiger partial charge on any atom is -0.387 e. The highest BCUT2D eigenvalue weighted by Crippen LogP contribution is 2.19. The second-order valence-electron chi connectivity index (χ2n) is 4.50. The lowest BCUT2D eigenvalue weighted by atomic mass is 10.2. The average Bonchev–Trinajstić information content (AvgIpc) is 2.38. The van der Waals surface area contributed by atoms with Crippen LogP contribution in [0, 0.1) is 0 Å². The van der Waals surface area contributed by atoms with Crippen molar-refractivity contribution in [2.45, 2.75) is 19.4 Å². The van der Waals surface area contributed by atoms with E-state index < -0.39 is 15.9 Å². The third kappa shape index (κ3) is 3.00. The van der Waals surface area contributed by atoms with Gasteiger partial charge in [-0.15, -0.1) is 0 Å². The molecule has 100 valence electrons. The molecule has 1 fully saturated rings. The number of anilines is 1. The maximum absolute atomic E-state index is 11.3. The molecule has 0 aromatic carbocycles. The molecular formula is C12H18N2O3S. The first kappa shape index (κ1) is 13.3. The van der Waals surface area contributed by atoms with E-state index in [0.29, 0.717) is 25.2 Å². The molecule has 1 N–H and O–H groups in total. The average molecular weight is 270 g/mol. The Labute approximate surface area is 107 Å². The van der Waals surface area contributed by atoms with E-state index in [1.807, 2.05) is 17.9 Å². The highest BCUT2D eigenvalue weighted by Gasteiger charge is 2.21. The third-order valence-electron chi connectivity index (χ3n) is 3.21. The van der Waals surface area contributed by atoms with Crippen LogP contribution in [0.2, 0.25) is 0 Å². The lowest BCUT2D eigenvalue weighted by Crippen LogP contribution is -2.40. The smallest absolute Gasteiger partial charge is 0.153 e. The fraction of sp³-hybridized carbons (Fsp3) is 0.583. The second-order valence-corrected chi connectivity index (χ2v) is 6.81. The van der Waals surface area contributed by atoms with Gasteiger partial charge in [-0.05, 0) is 18.6 Å². The first-order valence-corrected chi connectivity index (χ1v) is 7.93. The number of nitrogens with zero attached hydrogens (tertiary/aromatic N) is 2. The Morgan fingerprint density at radius 3 is 2.56 bits per heavy atom. The number of aromatic nitrogens is 1. The largest absolute Gasteiger partial charge is 0.387 e. The highest BCUT2D eigenvalue weighted by atomic mass is 32.2. The molecule has 0 unspecified atom stereocenters. The van der Waals surface area contributed by atoms with Gasteiger partial charge in [-0.3, -0.25) is 4.98 Å². The molecule has 0 saturated carbocycles. The van der Waals surface area contributed by atoms with E-state index in [1.165, 1.54) is 0 Å². The fourth-order valence-corrected chi connectivity index (χ4v) is 3.16. The summed E-state index contributed by atoms with van der Waals surface area (Å²) in [5.41, 5.74) is 1.57. The van der Waals surface area contributed by atoms with Crippen molar-refractivity contribution in [2.24, 2.45) is 0 Å². The molecule has 5 nitrogen and oxygen atoms in total. The molecule has 1 atom stereocenters. The van der Waals surface area contributed by atoms with Crippen LogP contribution in [0.25, 0.3) is 0 Å². The standard InChI is InChI=1S/C12H18N2O3S/c1-2-12(15)11-4-3-10(9-13-11)14-5-7-18(16,17)8-6-14/h3-4,9,12,15H,2,5-8H2,1H3/t12-/m1/s1. The molecule has 1 aromatic rings. The van der Waals surface area contributed by atoms with Crippen molar-refractivity contribution >= 4 is 15.5 Å². The zero-order chi connectivity index (χ0) is 13.2. The molecule has 1 saturated heterocycles. The summed E-state index contributed by atoms with van der Waals surface area (Å²) in [7, 11) is -2.85. The zero-order valence-electron chi connectivity index (χ0n) is 10.4. The van der Waals surface area contributed by atoms with Crippen molar-refractivity contribution in [1.29, 1.82) is 0 Å². The van der Waals surface area contributed by atoms with Gasteiger partial charge in [0.2, 0.25) is 0 Å². The van der Waals surface area contributed by atoms with Crippen molar-refractivity contribution in [3.8, 4) is 0 Å². The number of aliphatic hydroxyl groups is 1. The second kappa shape index (κ2) is 5.24. The minimum absolute atomic E-state index is 0.201. The van der Waals surface area contributed by atoms with Gasteiger partial charge in [0.05, 0.1) is 35.2 Å². The fourth-order valence-electron chi connectivity index (χ4n) is 1.96. The van der Waals surface area contributed by atoms with E-state index in [1.54, 1.807) is 12.3 Å². The van der Waals surface area contributed by atoms with Gasteiger partial charge in [0, 0.05) is 13.1 Å². The topological polar surface area (TPSA) is 70.5 Å². The zero-order valence-corrected chi connectivity index (χ0v) is 11.2. The SMILES string of the molecule is CC[C@@H](O)c1ccc(N2CCS(=O)(=O)CC2)cn1. The first-order valence-electron chi connectivity index (χ1n) is 6.11. The first-order chi connectivity index (χ1) is 8.52. The van der Waals surface area contributed by atoms with Gasteiger partial charge in [-0.25, -0.2) is 8.42 Å². The molecule has 0 spiro atoms. The molecule has 1 aromatic heterocycles. The van der Waals surface area contributed by atoms with Crippen LogP contribution in [0.3, 0.4) is 0 Å². The molecule has 0 bridgehead atoms. The van der Waals surface area contributed by atoms with Crippen LogP contribution in [0.15, 0.2) is 18.3 Å². The monoisotopic (exact) mass is 270 g/mol. The predicted octanol–water partition coefficient (Wildman–Crippen LogP) is 0.760. The van der Waals surface area contributed by atoms with Gasteiger partial charge in [-0.2, -0.15) is 0 Å². The lowest BCUT2D eigenvalue weighted by Gasteiger charge is -2.28. The van der Waals surface area contributed by atoms with Crippen LogP contribution in [0.1, 0.15) is 25.1 Å². The lowest BCUT2D eigenvalue weighted by molar-refractivity contribution is 0.169. The summed E-state index contributed by atoms with van der Waals surface area (Å²) in [5.74, 6) is 0.401. The van der Waals surface area contributed by atoms with E-state index in [9.17, 15) is 13.5 Å². The molecule has 18 heavy (non-hydrogen) atoms. The molecule has 2 heterocycles. The molecule has 0 radical (unpaired) electrons. The number of hydrogen-bond donors (Lipinski definition) is 1. The highest BCUT2D eigenvalue weighted by molar-refractivity contribution is 7.91. The normalized spacial score (nSPS) is 20.7. The van der Waals surface area contributed by atoms with E-state index in [0.717, 1.165) is 5.69 Å². The predicted molar refractivity (Wildman–Crippen MR) is 70.4 cm³/mol. The maximum Gasteiger partial charge on any atom is 0.153 e. The summed E-state index contributed by atoms with van der Waals surface area (Å²) < 4.78 is 22.7. The number of hydrogen-bond acceptors (Lipinski definition) is 5. The Morgan fingerprint density at radius 2 is 2.06 bits per heavy atom. The summed E-state index contributed by atoms with van der Waals surface area (Å²) in [5, 5.41) is 9.64. The Balaban J connectivity index is 2.07. The van der Waals surface area contributed by atoms with E-state index in [4.69, 9.17) is 0 Å². The molecule has 0 aliphatic carbocycles. The number of aliphatic hydroxyl groups excluding tert-OH is 1. The summed E-state index contributed by atoms with van der Waals surface area (Å²) in [6.45, 7) is 2.93. The van der Waals surface area contributed by atoms with Crippen LogP contribution in [-0.2, 0) is 9.84 Å². The van der Waals surface area contributed by atoms with E-state index in [2.05, 4.69) is 4.98 Å². The van der Waals surface area contributed by atoms with Crippen molar-refractivity contribution in [3.63, 3.8) is 0 Å². The number of rotatable bonds is 3. The van der Waals surface area contributed by atoms with Crippen molar-refractivity contribution in [3.05, 3.63) is 24.0 Å². The van der Waals surface area contributed by atoms with Crippen molar-refractivity contribution in [1.82, 2.24) is 4.98 Å². The summed E-state index contributed by atoms with van der Waals surface area (Å²) in [6.07, 6.45) is 1.81. The van der Waals surface area contributed by atoms with Crippen LogP contribution >= 0.6 is 0 Å². The summed E-state index contributed by atoms with van der Waals surface area (Å²) in [4.78, 5) is 6.23. The van der Waals surface area contributed by atoms with Gasteiger partial charge in [0.1, 0.15) is 0 Å².